The molecule has 1 amide bonds. The van der Waals surface area contributed by atoms with E-state index in [0.29, 0.717) is 11.4 Å². The van der Waals surface area contributed by atoms with Gasteiger partial charge in [0.15, 0.2) is 6.61 Å². The Morgan fingerprint density at radius 3 is 2.23 bits per heavy atom. The largest absolute Gasteiger partial charge is 0.484 e. The normalized spacial score (nSPS) is 11.3. The Morgan fingerprint density at radius 2 is 1.69 bits per heavy atom. The number of ether oxygens (including phenoxy) is 1. The number of rotatable bonds is 7. The molecule has 0 saturated heterocycles. The Balaban J connectivity index is 2.07. The van der Waals surface area contributed by atoms with Gasteiger partial charge in [-0.05, 0) is 62.4 Å². The fourth-order valence-corrected chi connectivity index (χ4v) is 3.63. The highest BCUT2D eigenvalue weighted by atomic mass is 79.9. The van der Waals surface area contributed by atoms with Crippen LogP contribution in [0.4, 0.5) is 5.69 Å². The molecular formula is C18H21BrN2O4S. The third-order valence-electron chi connectivity index (χ3n) is 3.49. The van der Waals surface area contributed by atoms with Gasteiger partial charge in [0.1, 0.15) is 5.75 Å². The first-order valence-electron chi connectivity index (χ1n) is 7.97. The molecule has 0 unspecified atom stereocenters. The highest BCUT2D eigenvalue weighted by molar-refractivity contribution is 9.10. The summed E-state index contributed by atoms with van der Waals surface area (Å²) < 4.78 is 32.8. The Bertz CT molecular complexity index is 850. The third-order valence-corrected chi connectivity index (χ3v) is 5.82. The molecule has 0 atom stereocenters. The molecule has 0 heterocycles. The maximum Gasteiger partial charge on any atom is 0.264 e. The molecule has 0 bridgehead atoms. The van der Waals surface area contributed by atoms with Crippen LogP contribution < -0.4 is 14.4 Å². The lowest BCUT2D eigenvalue weighted by atomic mass is 10.3. The fraction of sp³-hybridized carbons (Fsp3) is 0.278. The summed E-state index contributed by atoms with van der Waals surface area (Å²) in [4.78, 5) is 11.8. The van der Waals surface area contributed by atoms with Gasteiger partial charge in [-0.25, -0.2) is 8.42 Å². The first-order chi connectivity index (χ1) is 12.2. The van der Waals surface area contributed by atoms with Crippen LogP contribution in [0.25, 0.3) is 0 Å². The van der Waals surface area contributed by atoms with Gasteiger partial charge in [-0.15, -0.1) is 0 Å². The lowest BCUT2D eigenvalue weighted by Crippen LogP contribution is -2.34. The molecule has 0 spiro atoms. The predicted molar refractivity (Wildman–Crippen MR) is 105 cm³/mol. The SMILES string of the molecule is CC(C)NC(=O)COc1ccc(N(C)S(=O)(=O)c2ccc(Br)cc2)cc1. The van der Waals surface area contributed by atoms with Crippen molar-refractivity contribution in [1.29, 1.82) is 0 Å². The molecule has 0 aliphatic carbocycles. The number of hydrogen-bond donors (Lipinski definition) is 1. The molecule has 2 aromatic carbocycles. The van der Waals surface area contributed by atoms with E-state index in [1.54, 1.807) is 48.5 Å². The molecule has 0 fully saturated rings. The van der Waals surface area contributed by atoms with Gasteiger partial charge < -0.3 is 10.1 Å². The Kier molecular flexibility index (Phi) is 6.66. The summed E-state index contributed by atoms with van der Waals surface area (Å²) in [7, 11) is -2.16. The molecule has 0 radical (unpaired) electrons. The molecule has 0 saturated carbocycles. The highest BCUT2D eigenvalue weighted by Gasteiger charge is 2.21. The maximum absolute atomic E-state index is 12.7. The second kappa shape index (κ2) is 8.55. The molecule has 140 valence electrons. The molecule has 2 rings (SSSR count). The fourth-order valence-electron chi connectivity index (χ4n) is 2.17. The highest BCUT2D eigenvalue weighted by Crippen LogP contribution is 2.25. The second-order valence-corrected chi connectivity index (χ2v) is 8.82. The van der Waals surface area contributed by atoms with Gasteiger partial charge in [0.2, 0.25) is 0 Å². The van der Waals surface area contributed by atoms with E-state index >= 15 is 0 Å². The van der Waals surface area contributed by atoms with Crippen molar-refractivity contribution in [1.82, 2.24) is 5.32 Å². The van der Waals surface area contributed by atoms with Crippen LogP contribution >= 0.6 is 15.9 Å². The molecular weight excluding hydrogens is 420 g/mol. The van der Waals surface area contributed by atoms with E-state index in [2.05, 4.69) is 21.2 Å². The number of hydrogen-bond acceptors (Lipinski definition) is 4. The van der Waals surface area contributed by atoms with Crippen molar-refractivity contribution in [3.05, 3.63) is 53.0 Å². The Labute approximate surface area is 162 Å². The zero-order valence-electron chi connectivity index (χ0n) is 14.8. The molecule has 8 heteroatoms. The van der Waals surface area contributed by atoms with Crippen molar-refractivity contribution in [3.8, 4) is 5.75 Å². The minimum atomic E-state index is -3.65. The number of sulfonamides is 1. The van der Waals surface area contributed by atoms with E-state index < -0.39 is 10.0 Å². The lowest BCUT2D eigenvalue weighted by molar-refractivity contribution is -0.123. The van der Waals surface area contributed by atoms with E-state index in [9.17, 15) is 13.2 Å². The van der Waals surface area contributed by atoms with Crippen LogP contribution in [0.5, 0.6) is 5.75 Å². The maximum atomic E-state index is 12.7. The van der Waals surface area contributed by atoms with Crippen molar-refractivity contribution >= 4 is 37.5 Å². The first-order valence-corrected chi connectivity index (χ1v) is 10.2. The minimum Gasteiger partial charge on any atom is -0.484 e. The zero-order chi connectivity index (χ0) is 19.3. The summed E-state index contributed by atoms with van der Waals surface area (Å²) in [5.41, 5.74) is 0.493. The van der Waals surface area contributed by atoms with Crippen LogP contribution in [0.15, 0.2) is 57.9 Å². The van der Waals surface area contributed by atoms with Gasteiger partial charge in [-0.1, -0.05) is 15.9 Å². The van der Waals surface area contributed by atoms with Crippen LogP contribution in [0.1, 0.15) is 13.8 Å². The molecule has 0 aliphatic heterocycles. The van der Waals surface area contributed by atoms with Crippen molar-refractivity contribution < 1.29 is 17.9 Å². The third kappa shape index (κ3) is 5.22. The minimum absolute atomic E-state index is 0.0472. The van der Waals surface area contributed by atoms with Crippen LogP contribution in [0.3, 0.4) is 0 Å². The van der Waals surface area contributed by atoms with Gasteiger partial charge in [-0.2, -0.15) is 0 Å². The molecule has 2 aromatic rings. The number of amides is 1. The lowest BCUT2D eigenvalue weighted by Gasteiger charge is -2.20. The van der Waals surface area contributed by atoms with Gasteiger partial charge in [0.25, 0.3) is 15.9 Å². The predicted octanol–water partition coefficient (Wildman–Crippen LogP) is 3.18. The van der Waals surface area contributed by atoms with Gasteiger partial charge in [-0.3, -0.25) is 9.10 Å². The Hall–Kier alpha value is -2.06. The summed E-state index contributed by atoms with van der Waals surface area (Å²) in [5.74, 6) is 0.279. The molecule has 6 nitrogen and oxygen atoms in total. The topological polar surface area (TPSA) is 75.7 Å². The summed E-state index contributed by atoms with van der Waals surface area (Å²) in [5, 5.41) is 2.73. The van der Waals surface area contributed by atoms with E-state index in [4.69, 9.17) is 4.74 Å². The van der Waals surface area contributed by atoms with Crippen LogP contribution in [0.2, 0.25) is 0 Å². The number of anilines is 1. The number of nitrogens with one attached hydrogen (secondary N) is 1. The summed E-state index contributed by atoms with van der Waals surface area (Å²) >= 11 is 3.29. The molecule has 0 aromatic heterocycles. The standard InChI is InChI=1S/C18H21BrN2O4S/c1-13(2)20-18(22)12-25-16-8-6-15(7-9-16)21(3)26(23,24)17-10-4-14(19)5-11-17/h4-11,13H,12H2,1-3H3,(H,20,22). The quantitative estimate of drug-likeness (QED) is 0.716. The zero-order valence-corrected chi connectivity index (χ0v) is 17.2. The molecule has 1 N–H and O–H groups in total. The second-order valence-electron chi connectivity index (χ2n) is 5.93. The van der Waals surface area contributed by atoms with Crippen LogP contribution in [0, 0.1) is 0 Å². The van der Waals surface area contributed by atoms with Crippen LogP contribution in [-0.4, -0.2) is 34.0 Å². The summed E-state index contributed by atoms with van der Waals surface area (Å²) in [6.45, 7) is 3.65. The van der Waals surface area contributed by atoms with Gasteiger partial charge >= 0.3 is 0 Å². The number of benzene rings is 2. The molecule has 0 aliphatic rings. The van der Waals surface area contributed by atoms with Crippen molar-refractivity contribution in [2.45, 2.75) is 24.8 Å². The van der Waals surface area contributed by atoms with Crippen LogP contribution in [-0.2, 0) is 14.8 Å². The number of carbonyl (C=O) groups excluding carboxylic acids is 1. The van der Waals surface area contributed by atoms with E-state index in [1.807, 2.05) is 13.8 Å². The van der Waals surface area contributed by atoms with Crippen molar-refractivity contribution in [2.75, 3.05) is 18.0 Å². The molecule has 26 heavy (non-hydrogen) atoms. The number of carbonyl (C=O) groups is 1. The number of halogens is 1. The summed E-state index contributed by atoms with van der Waals surface area (Å²) in [6, 6.07) is 13.0. The van der Waals surface area contributed by atoms with E-state index in [0.717, 1.165) is 4.47 Å². The van der Waals surface area contributed by atoms with E-state index in [-0.39, 0.29) is 23.5 Å². The smallest absolute Gasteiger partial charge is 0.264 e. The average molecular weight is 441 g/mol. The van der Waals surface area contributed by atoms with Gasteiger partial charge in [0.05, 0.1) is 10.6 Å². The summed E-state index contributed by atoms with van der Waals surface area (Å²) in [6.07, 6.45) is 0. The number of nitrogens with zero attached hydrogens (tertiary/aromatic N) is 1. The average Bonchev–Trinajstić information content (AvgIpc) is 2.59. The van der Waals surface area contributed by atoms with Crippen molar-refractivity contribution in [3.63, 3.8) is 0 Å². The van der Waals surface area contributed by atoms with Crippen molar-refractivity contribution in [2.24, 2.45) is 0 Å². The Morgan fingerprint density at radius 1 is 1.12 bits per heavy atom. The monoisotopic (exact) mass is 440 g/mol. The van der Waals surface area contributed by atoms with E-state index in [1.165, 1.54) is 11.4 Å². The van der Waals surface area contributed by atoms with Gasteiger partial charge in [0, 0.05) is 17.6 Å². The first kappa shape index (κ1) is 20.3.